The smallest absolute Gasteiger partial charge is 0.406 e. The molecule has 4 N–H and O–H groups in total. The van der Waals surface area contributed by atoms with Crippen molar-refractivity contribution in [2.45, 2.75) is 18.8 Å². The predicted octanol–water partition coefficient (Wildman–Crippen LogP) is 3.75. The molecular formula is C21H17BrF3IN4O4. The molecule has 34 heavy (non-hydrogen) atoms. The van der Waals surface area contributed by atoms with Gasteiger partial charge in [-0.05, 0) is 42.0 Å². The van der Waals surface area contributed by atoms with Gasteiger partial charge < -0.3 is 20.4 Å². The summed E-state index contributed by atoms with van der Waals surface area (Å²) in [7, 11) is 0. The molecule has 0 aliphatic rings. The number of aromatic amines is 1. The van der Waals surface area contributed by atoms with Gasteiger partial charge in [0.1, 0.15) is 17.5 Å². The minimum Gasteiger partial charge on any atom is -0.406 e. The van der Waals surface area contributed by atoms with Gasteiger partial charge in [0.15, 0.2) is 0 Å². The van der Waals surface area contributed by atoms with Crippen LogP contribution in [0, 0.1) is 0 Å². The van der Waals surface area contributed by atoms with Gasteiger partial charge in [-0.25, -0.2) is 0 Å². The van der Waals surface area contributed by atoms with Crippen LogP contribution in [0.5, 0.6) is 5.75 Å². The van der Waals surface area contributed by atoms with Gasteiger partial charge in [-0.15, -0.1) is 13.2 Å². The number of carbonyl (C=O) groups is 3. The van der Waals surface area contributed by atoms with Gasteiger partial charge in [0, 0.05) is 21.9 Å². The summed E-state index contributed by atoms with van der Waals surface area (Å²) in [5.41, 5.74) is 1.27. The SMILES string of the molecule is O=C(Cc1cccc(OC(F)(F)F)c1)NC(CNC(=O)c1cc2cc(Br)ccc2[nH]1)C(=O)NI. The van der Waals surface area contributed by atoms with E-state index in [-0.39, 0.29) is 24.2 Å². The lowest BCUT2D eigenvalue weighted by atomic mass is 10.1. The van der Waals surface area contributed by atoms with Gasteiger partial charge >= 0.3 is 6.36 Å². The molecule has 3 rings (SSSR count). The number of hydrogen-bond donors (Lipinski definition) is 4. The summed E-state index contributed by atoms with van der Waals surface area (Å²) in [4.78, 5) is 40.1. The van der Waals surface area contributed by atoms with Crippen LogP contribution in [-0.4, -0.2) is 41.7 Å². The number of hydrogen-bond acceptors (Lipinski definition) is 4. The average molecular weight is 653 g/mol. The molecule has 3 aromatic rings. The third kappa shape index (κ3) is 7.35. The monoisotopic (exact) mass is 652 g/mol. The van der Waals surface area contributed by atoms with E-state index in [0.717, 1.165) is 27.5 Å². The molecule has 1 aromatic heterocycles. The van der Waals surface area contributed by atoms with Crippen molar-refractivity contribution in [3.05, 3.63) is 64.3 Å². The second-order valence-electron chi connectivity index (χ2n) is 7.08. The molecule has 180 valence electrons. The van der Waals surface area contributed by atoms with Crippen molar-refractivity contribution in [1.82, 2.24) is 19.1 Å². The van der Waals surface area contributed by atoms with E-state index in [0.29, 0.717) is 0 Å². The fraction of sp³-hybridized carbons (Fsp3) is 0.190. The third-order valence-electron chi connectivity index (χ3n) is 4.54. The molecule has 0 fully saturated rings. The first-order chi connectivity index (χ1) is 16.0. The number of alkyl halides is 3. The van der Waals surface area contributed by atoms with Gasteiger partial charge in [-0.1, -0.05) is 28.1 Å². The number of H-pyrrole nitrogens is 1. The molecule has 0 spiro atoms. The number of aromatic nitrogens is 1. The molecule has 1 atom stereocenters. The van der Waals surface area contributed by atoms with Crippen molar-refractivity contribution >= 4 is 67.4 Å². The van der Waals surface area contributed by atoms with Crippen molar-refractivity contribution in [2.75, 3.05) is 6.54 Å². The summed E-state index contributed by atoms with van der Waals surface area (Å²) in [6.07, 6.45) is -5.16. The zero-order valence-electron chi connectivity index (χ0n) is 17.1. The van der Waals surface area contributed by atoms with Crippen molar-refractivity contribution in [3.8, 4) is 5.75 Å². The van der Waals surface area contributed by atoms with Gasteiger partial charge in [0.2, 0.25) is 5.91 Å². The Morgan fingerprint density at radius 2 is 1.88 bits per heavy atom. The lowest BCUT2D eigenvalue weighted by molar-refractivity contribution is -0.274. The Bertz CT molecular complexity index is 1220. The highest BCUT2D eigenvalue weighted by molar-refractivity contribution is 14.1. The van der Waals surface area contributed by atoms with E-state index in [1.165, 1.54) is 12.1 Å². The lowest BCUT2D eigenvalue weighted by Gasteiger charge is -2.17. The van der Waals surface area contributed by atoms with Crippen LogP contribution >= 0.6 is 38.8 Å². The van der Waals surface area contributed by atoms with E-state index >= 15 is 0 Å². The highest BCUT2D eigenvalue weighted by Gasteiger charge is 2.31. The first kappa shape index (κ1) is 25.8. The van der Waals surface area contributed by atoms with Gasteiger partial charge in [-0.2, -0.15) is 0 Å². The van der Waals surface area contributed by atoms with Crippen LogP contribution in [0.15, 0.2) is 53.0 Å². The Labute approximate surface area is 213 Å². The van der Waals surface area contributed by atoms with E-state index in [9.17, 15) is 27.6 Å². The van der Waals surface area contributed by atoms with Crippen LogP contribution < -0.4 is 18.9 Å². The third-order valence-corrected chi connectivity index (χ3v) is 5.56. The number of amides is 3. The summed E-state index contributed by atoms with van der Waals surface area (Å²) < 4.78 is 44.3. The Balaban J connectivity index is 1.62. The molecule has 3 amide bonds. The summed E-state index contributed by atoms with van der Waals surface area (Å²) in [6, 6.07) is 11.0. The highest BCUT2D eigenvalue weighted by atomic mass is 127. The first-order valence-corrected chi connectivity index (χ1v) is 11.5. The quantitative estimate of drug-likeness (QED) is 0.219. The van der Waals surface area contributed by atoms with Gasteiger partial charge in [-0.3, -0.25) is 17.9 Å². The van der Waals surface area contributed by atoms with Crippen LogP contribution in [0.2, 0.25) is 0 Å². The normalized spacial score (nSPS) is 12.1. The van der Waals surface area contributed by atoms with Gasteiger partial charge in [0.25, 0.3) is 11.8 Å². The second-order valence-corrected chi connectivity index (χ2v) is 8.53. The Hall–Kier alpha value is -2.81. The fourth-order valence-electron chi connectivity index (χ4n) is 3.07. The first-order valence-electron chi connectivity index (χ1n) is 9.65. The van der Waals surface area contributed by atoms with Crippen LogP contribution in [-0.2, 0) is 16.0 Å². The molecule has 1 heterocycles. The van der Waals surface area contributed by atoms with Crippen LogP contribution in [0.1, 0.15) is 16.1 Å². The summed E-state index contributed by atoms with van der Waals surface area (Å²) in [6.45, 7) is -0.213. The van der Waals surface area contributed by atoms with E-state index in [2.05, 4.69) is 39.8 Å². The number of nitrogens with one attached hydrogen (secondary N) is 4. The van der Waals surface area contributed by atoms with E-state index in [1.807, 2.05) is 12.1 Å². The van der Waals surface area contributed by atoms with Crippen LogP contribution in [0.3, 0.4) is 0 Å². The summed E-state index contributed by atoms with van der Waals surface area (Å²) in [5, 5.41) is 5.87. The predicted molar refractivity (Wildman–Crippen MR) is 129 cm³/mol. The number of ether oxygens (including phenoxy) is 1. The number of fused-ring (bicyclic) bond motifs is 1. The molecule has 0 saturated heterocycles. The van der Waals surface area contributed by atoms with E-state index in [4.69, 9.17) is 0 Å². The van der Waals surface area contributed by atoms with E-state index in [1.54, 1.807) is 35.0 Å². The highest BCUT2D eigenvalue weighted by Crippen LogP contribution is 2.23. The number of benzene rings is 2. The van der Waals surface area contributed by atoms with Crippen molar-refractivity contribution in [1.29, 1.82) is 0 Å². The maximum atomic E-state index is 12.5. The number of carbonyl (C=O) groups excluding carboxylic acids is 3. The molecule has 2 aromatic carbocycles. The molecule has 0 aliphatic heterocycles. The Morgan fingerprint density at radius 1 is 1.12 bits per heavy atom. The lowest BCUT2D eigenvalue weighted by Crippen LogP contribution is -2.51. The zero-order chi connectivity index (χ0) is 24.9. The van der Waals surface area contributed by atoms with Crippen LogP contribution in [0.25, 0.3) is 10.9 Å². The molecule has 0 saturated carbocycles. The molecule has 13 heteroatoms. The standard InChI is InChI=1S/C21H17BrF3IN4O4/c22-13-4-5-15-12(8-13)9-16(28-15)19(32)27-10-17(20(33)30-26)29-18(31)7-11-2-1-3-14(6-11)34-21(23,24)25/h1-6,8-9,17,28H,7,10H2,(H,27,32)(H,29,31)(H,30,33). The topological polar surface area (TPSA) is 112 Å². The van der Waals surface area contributed by atoms with Crippen molar-refractivity contribution in [3.63, 3.8) is 0 Å². The molecule has 0 radical (unpaired) electrons. The summed E-state index contributed by atoms with van der Waals surface area (Å²) in [5.74, 6) is -2.13. The van der Waals surface area contributed by atoms with Gasteiger partial charge in [0.05, 0.1) is 29.3 Å². The Morgan fingerprint density at radius 3 is 2.59 bits per heavy atom. The molecule has 0 bridgehead atoms. The maximum absolute atomic E-state index is 12.5. The van der Waals surface area contributed by atoms with Crippen LogP contribution in [0.4, 0.5) is 13.2 Å². The number of halogens is 5. The minimum absolute atomic E-state index is 0.213. The Kier molecular flexibility index (Phi) is 8.41. The largest absolute Gasteiger partial charge is 0.573 e. The zero-order valence-corrected chi connectivity index (χ0v) is 20.9. The fourth-order valence-corrected chi connectivity index (χ4v) is 3.83. The van der Waals surface area contributed by atoms with Crippen molar-refractivity contribution in [2.24, 2.45) is 0 Å². The molecule has 0 aliphatic carbocycles. The minimum atomic E-state index is -4.86. The number of rotatable bonds is 8. The molecular weight excluding hydrogens is 636 g/mol. The summed E-state index contributed by atoms with van der Waals surface area (Å²) >= 11 is 4.96. The maximum Gasteiger partial charge on any atom is 0.573 e. The second kappa shape index (κ2) is 11.1. The van der Waals surface area contributed by atoms with Crippen molar-refractivity contribution < 1.29 is 32.3 Å². The average Bonchev–Trinajstić information content (AvgIpc) is 3.18. The molecule has 1 unspecified atom stereocenters. The van der Waals surface area contributed by atoms with E-state index < -0.39 is 35.9 Å². The molecule has 8 nitrogen and oxygen atoms in total.